The minimum Gasteiger partial charge on any atom is -0.404 e. The normalized spacial score (nSPS) is 11.9. The molecule has 0 bridgehead atoms. The number of anilines is 2. The molecule has 0 radical (unpaired) electrons. The molecular weight excluding hydrogens is 385 g/mol. The van der Waals surface area contributed by atoms with Gasteiger partial charge in [0, 0.05) is 17.3 Å². The summed E-state index contributed by atoms with van der Waals surface area (Å²) in [4.78, 5) is 11.0. The quantitative estimate of drug-likeness (QED) is 0.766. The summed E-state index contributed by atoms with van der Waals surface area (Å²) in [6.45, 7) is 3.44. The van der Waals surface area contributed by atoms with Crippen LogP contribution in [0.4, 0.5) is 24.5 Å². The topological polar surface area (TPSA) is 84.5 Å². The molecule has 6 nitrogen and oxygen atoms in total. The molecule has 0 fully saturated rings. The standard InChI is InChI=1S/C17H17F3N2O4S/c1-11(2)16(23)21-12-7-9-13(10-8-12)22-27(24,25)15-6-4-3-5-14(15)26-17(18,19)20/h3-11,22H,1-2H3,(H,21,23). The highest BCUT2D eigenvalue weighted by Crippen LogP contribution is 2.30. The zero-order valence-electron chi connectivity index (χ0n) is 14.4. The Morgan fingerprint density at radius 1 is 1.00 bits per heavy atom. The molecule has 27 heavy (non-hydrogen) atoms. The third-order valence-corrected chi connectivity index (χ3v) is 4.71. The number of benzene rings is 2. The molecule has 0 atom stereocenters. The Morgan fingerprint density at radius 3 is 2.11 bits per heavy atom. The lowest BCUT2D eigenvalue weighted by Crippen LogP contribution is -2.21. The van der Waals surface area contributed by atoms with Gasteiger partial charge in [-0.3, -0.25) is 9.52 Å². The summed E-state index contributed by atoms with van der Waals surface area (Å²) in [7, 11) is -4.33. The lowest BCUT2D eigenvalue weighted by molar-refractivity contribution is -0.275. The number of carbonyl (C=O) groups excluding carboxylic acids is 1. The molecular formula is C17H17F3N2O4S. The van der Waals surface area contributed by atoms with Crippen molar-refractivity contribution in [3.8, 4) is 5.75 Å². The van der Waals surface area contributed by atoms with Crippen molar-refractivity contribution in [2.75, 3.05) is 10.0 Å². The number of hydrogen-bond donors (Lipinski definition) is 2. The Morgan fingerprint density at radius 2 is 1.56 bits per heavy atom. The number of hydrogen-bond acceptors (Lipinski definition) is 4. The van der Waals surface area contributed by atoms with Crippen LogP contribution in [0.5, 0.6) is 5.75 Å². The zero-order chi connectivity index (χ0) is 20.2. The summed E-state index contributed by atoms with van der Waals surface area (Å²) < 4.78 is 68.2. The summed E-state index contributed by atoms with van der Waals surface area (Å²) >= 11 is 0. The summed E-state index contributed by atoms with van der Waals surface area (Å²) in [5, 5.41) is 2.64. The van der Waals surface area contributed by atoms with Gasteiger partial charge in [0.2, 0.25) is 5.91 Å². The highest BCUT2D eigenvalue weighted by molar-refractivity contribution is 7.92. The molecule has 2 N–H and O–H groups in total. The van der Waals surface area contributed by atoms with Gasteiger partial charge >= 0.3 is 6.36 Å². The van der Waals surface area contributed by atoms with E-state index < -0.39 is 27.0 Å². The Hall–Kier alpha value is -2.75. The van der Waals surface area contributed by atoms with E-state index in [9.17, 15) is 26.4 Å². The van der Waals surface area contributed by atoms with Crippen LogP contribution in [0.15, 0.2) is 53.4 Å². The van der Waals surface area contributed by atoms with E-state index in [0.29, 0.717) is 5.69 Å². The van der Waals surface area contributed by atoms with Gasteiger partial charge < -0.3 is 10.1 Å². The average molecular weight is 402 g/mol. The number of sulfonamides is 1. The smallest absolute Gasteiger partial charge is 0.404 e. The highest BCUT2D eigenvalue weighted by Gasteiger charge is 2.34. The maximum Gasteiger partial charge on any atom is 0.573 e. The summed E-state index contributed by atoms with van der Waals surface area (Å²) in [6, 6.07) is 10.1. The minimum atomic E-state index is -5.03. The molecule has 10 heteroatoms. The lowest BCUT2D eigenvalue weighted by Gasteiger charge is -2.14. The molecule has 2 aromatic carbocycles. The fraction of sp³-hybridized carbons (Fsp3) is 0.235. The molecule has 1 amide bonds. The first-order valence-corrected chi connectivity index (χ1v) is 9.25. The minimum absolute atomic E-state index is 0.111. The first-order chi connectivity index (χ1) is 12.5. The van der Waals surface area contributed by atoms with Gasteiger partial charge in [-0.2, -0.15) is 0 Å². The van der Waals surface area contributed by atoms with Crippen molar-refractivity contribution < 1.29 is 31.1 Å². The van der Waals surface area contributed by atoms with E-state index in [1.807, 2.05) is 0 Å². The molecule has 0 aliphatic heterocycles. The van der Waals surface area contributed by atoms with Crippen LogP contribution in [0.1, 0.15) is 13.8 Å². The Balaban J connectivity index is 2.21. The Kier molecular flexibility index (Phi) is 5.99. The average Bonchev–Trinajstić information content (AvgIpc) is 2.55. The van der Waals surface area contributed by atoms with Crippen LogP contribution < -0.4 is 14.8 Å². The predicted molar refractivity (Wildman–Crippen MR) is 93.8 cm³/mol. The van der Waals surface area contributed by atoms with E-state index in [1.165, 1.54) is 36.4 Å². The Labute approximate surface area is 154 Å². The van der Waals surface area contributed by atoms with Gasteiger partial charge in [-0.25, -0.2) is 8.42 Å². The second-order valence-corrected chi connectivity index (χ2v) is 7.47. The van der Waals surface area contributed by atoms with Gasteiger partial charge in [0.1, 0.15) is 10.6 Å². The maximum atomic E-state index is 12.5. The van der Waals surface area contributed by atoms with Crippen LogP contribution in [0, 0.1) is 5.92 Å². The molecule has 0 unspecified atom stereocenters. The van der Waals surface area contributed by atoms with E-state index in [-0.39, 0.29) is 17.5 Å². The van der Waals surface area contributed by atoms with Gasteiger partial charge in [0.05, 0.1) is 0 Å². The number of para-hydroxylation sites is 1. The van der Waals surface area contributed by atoms with Crippen molar-refractivity contribution >= 4 is 27.3 Å². The molecule has 146 valence electrons. The van der Waals surface area contributed by atoms with Crippen molar-refractivity contribution in [1.82, 2.24) is 0 Å². The van der Waals surface area contributed by atoms with Crippen molar-refractivity contribution in [2.24, 2.45) is 5.92 Å². The van der Waals surface area contributed by atoms with Crippen molar-refractivity contribution in [2.45, 2.75) is 25.1 Å². The van der Waals surface area contributed by atoms with Gasteiger partial charge in [-0.05, 0) is 36.4 Å². The highest BCUT2D eigenvalue weighted by atomic mass is 32.2. The summed E-state index contributed by atoms with van der Waals surface area (Å²) in [5.74, 6) is -1.27. The molecule has 0 heterocycles. The van der Waals surface area contributed by atoms with Gasteiger partial charge in [-0.15, -0.1) is 13.2 Å². The number of ether oxygens (including phenoxy) is 1. The van der Waals surface area contributed by atoms with Gasteiger partial charge in [0.15, 0.2) is 0 Å². The third-order valence-electron chi connectivity index (χ3n) is 3.29. The SMILES string of the molecule is CC(C)C(=O)Nc1ccc(NS(=O)(=O)c2ccccc2OC(F)(F)F)cc1. The van der Waals surface area contributed by atoms with Crippen LogP contribution in [0.25, 0.3) is 0 Å². The second kappa shape index (κ2) is 7.87. The molecule has 0 saturated carbocycles. The molecule has 2 rings (SSSR count). The van der Waals surface area contributed by atoms with Crippen LogP contribution in [0.2, 0.25) is 0 Å². The maximum absolute atomic E-state index is 12.5. The van der Waals surface area contributed by atoms with Crippen LogP contribution in [-0.4, -0.2) is 20.7 Å². The molecule has 0 aliphatic carbocycles. The van der Waals surface area contributed by atoms with Crippen LogP contribution in [-0.2, 0) is 14.8 Å². The van der Waals surface area contributed by atoms with Gasteiger partial charge in [-0.1, -0.05) is 26.0 Å². The second-order valence-electron chi connectivity index (χ2n) is 5.82. The molecule has 0 spiro atoms. The van der Waals surface area contributed by atoms with Gasteiger partial charge in [0.25, 0.3) is 10.0 Å². The first-order valence-electron chi connectivity index (χ1n) is 7.76. The first kappa shape index (κ1) is 20.6. The molecule has 0 aliphatic rings. The van der Waals surface area contributed by atoms with Crippen LogP contribution in [0.3, 0.4) is 0 Å². The molecule has 2 aromatic rings. The monoisotopic (exact) mass is 402 g/mol. The predicted octanol–water partition coefficient (Wildman–Crippen LogP) is 3.98. The van der Waals surface area contributed by atoms with E-state index in [4.69, 9.17) is 0 Å². The van der Waals surface area contributed by atoms with E-state index in [1.54, 1.807) is 13.8 Å². The van der Waals surface area contributed by atoms with Crippen molar-refractivity contribution in [1.29, 1.82) is 0 Å². The summed E-state index contributed by atoms with van der Waals surface area (Å²) in [6.07, 6.45) is -5.03. The third kappa shape index (κ3) is 5.88. The number of amides is 1. The molecule has 0 saturated heterocycles. The fourth-order valence-electron chi connectivity index (χ4n) is 2.00. The van der Waals surface area contributed by atoms with E-state index >= 15 is 0 Å². The number of rotatable bonds is 6. The van der Waals surface area contributed by atoms with E-state index in [0.717, 1.165) is 12.1 Å². The van der Waals surface area contributed by atoms with E-state index in [2.05, 4.69) is 14.8 Å². The number of halogens is 3. The Bertz CT molecular complexity index is 911. The summed E-state index contributed by atoms with van der Waals surface area (Å²) in [5.41, 5.74) is 0.566. The molecule has 0 aromatic heterocycles. The van der Waals surface area contributed by atoms with Crippen molar-refractivity contribution in [3.63, 3.8) is 0 Å². The fourth-order valence-corrected chi connectivity index (χ4v) is 3.19. The lowest BCUT2D eigenvalue weighted by atomic mass is 10.2. The number of alkyl halides is 3. The number of nitrogens with one attached hydrogen (secondary N) is 2. The zero-order valence-corrected chi connectivity index (χ0v) is 15.2. The largest absolute Gasteiger partial charge is 0.573 e. The van der Waals surface area contributed by atoms with Crippen LogP contribution >= 0.6 is 0 Å². The van der Waals surface area contributed by atoms with Crippen molar-refractivity contribution in [3.05, 3.63) is 48.5 Å². The number of carbonyl (C=O) groups is 1.